The summed E-state index contributed by atoms with van der Waals surface area (Å²) in [7, 11) is -9.24. The van der Waals surface area contributed by atoms with E-state index in [1.54, 1.807) is 18.2 Å². The van der Waals surface area contributed by atoms with E-state index >= 15 is 0 Å². The van der Waals surface area contributed by atoms with E-state index in [0.29, 0.717) is 5.69 Å². The molecule has 0 fully saturated rings. The third kappa shape index (κ3) is 5.72. The van der Waals surface area contributed by atoms with Gasteiger partial charge in [-0.05, 0) is 36.4 Å². The zero-order chi connectivity index (χ0) is 21.5. The van der Waals surface area contributed by atoms with Gasteiger partial charge in [-0.3, -0.25) is 14.1 Å². The third-order valence-electron chi connectivity index (χ3n) is 3.72. The number of pyridine rings is 1. The minimum atomic E-state index is -4.62. The van der Waals surface area contributed by atoms with Crippen LogP contribution in [0.3, 0.4) is 0 Å². The first-order chi connectivity index (χ1) is 14.1. The van der Waals surface area contributed by atoms with Crippen LogP contribution in [0.15, 0.2) is 67.7 Å². The van der Waals surface area contributed by atoms with Gasteiger partial charge < -0.3 is 8.83 Å². The number of aromatic nitrogens is 4. The standard InChI is InChI=1S/C16H10N4O8S2.2Na/c21-29(22,23)12-6-4-10(27-12)14-15(11-5-7-13(28-11)30(24,25)26)19-20-16(18-14)9-3-1-2-8-17-9;;/h1-8H,(H,21,22,23)(H,24,25,26);;. The Kier molecular flexibility index (Phi) is 8.55. The largest absolute Gasteiger partial charge is 0.441 e. The molecular weight excluding hydrogens is 486 g/mol. The predicted molar refractivity (Wildman–Crippen MR) is 110 cm³/mol. The number of hydrogen-bond acceptors (Lipinski definition) is 10. The fraction of sp³-hybridized carbons (Fsp3) is 0. The summed E-state index contributed by atoms with van der Waals surface area (Å²) in [5.74, 6) is -0.217. The summed E-state index contributed by atoms with van der Waals surface area (Å²) >= 11 is 0. The Morgan fingerprint density at radius 2 is 1.28 bits per heavy atom. The van der Waals surface area contributed by atoms with Crippen LogP contribution in [0.5, 0.6) is 0 Å². The van der Waals surface area contributed by atoms with Crippen molar-refractivity contribution in [2.45, 2.75) is 10.2 Å². The maximum atomic E-state index is 11.3. The molecule has 0 unspecified atom stereocenters. The van der Waals surface area contributed by atoms with Crippen LogP contribution in [0.25, 0.3) is 34.4 Å². The van der Waals surface area contributed by atoms with Crippen LogP contribution in [0.2, 0.25) is 0 Å². The van der Waals surface area contributed by atoms with Crippen molar-refractivity contribution in [3.8, 4) is 34.4 Å². The molecule has 0 spiro atoms. The minimum Gasteiger partial charge on any atom is -0.441 e. The fourth-order valence-electron chi connectivity index (χ4n) is 2.44. The Balaban J connectivity index is 0.00000181. The van der Waals surface area contributed by atoms with Crippen LogP contribution in [0, 0.1) is 0 Å². The maximum absolute atomic E-state index is 11.3. The van der Waals surface area contributed by atoms with E-state index in [0.717, 1.165) is 12.1 Å². The van der Waals surface area contributed by atoms with E-state index in [2.05, 4.69) is 20.2 Å². The normalized spacial score (nSPS) is 11.4. The first kappa shape index (κ1) is 26.8. The van der Waals surface area contributed by atoms with Gasteiger partial charge in [0.15, 0.2) is 17.2 Å². The van der Waals surface area contributed by atoms with Crippen LogP contribution in [0.1, 0.15) is 0 Å². The molecule has 0 aliphatic heterocycles. The molecule has 2 N–H and O–H groups in total. The summed E-state index contributed by atoms with van der Waals surface area (Å²) in [5.41, 5.74) is 0.162. The van der Waals surface area contributed by atoms with E-state index < -0.39 is 30.4 Å². The van der Waals surface area contributed by atoms with Gasteiger partial charge in [-0.2, -0.15) is 16.8 Å². The smallest absolute Gasteiger partial charge is 0.328 e. The van der Waals surface area contributed by atoms with Gasteiger partial charge in [-0.25, -0.2) is 4.98 Å². The molecule has 0 saturated carbocycles. The van der Waals surface area contributed by atoms with E-state index in [-0.39, 0.29) is 87.8 Å². The second-order valence-electron chi connectivity index (χ2n) is 5.74. The van der Waals surface area contributed by atoms with Gasteiger partial charge in [0, 0.05) is 65.3 Å². The van der Waals surface area contributed by atoms with Crippen molar-refractivity contribution in [2.24, 2.45) is 0 Å². The van der Waals surface area contributed by atoms with E-state index in [9.17, 15) is 16.8 Å². The summed E-state index contributed by atoms with van der Waals surface area (Å²) in [6, 6.07) is 9.38. The molecule has 4 heterocycles. The van der Waals surface area contributed by atoms with Crippen molar-refractivity contribution in [1.82, 2.24) is 20.2 Å². The average molecular weight is 496 g/mol. The summed E-state index contributed by atoms with van der Waals surface area (Å²) in [6.45, 7) is 0. The molecule has 0 saturated heterocycles. The van der Waals surface area contributed by atoms with Gasteiger partial charge in [0.1, 0.15) is 11.4 Å². The van der Waals surface area contributed by atoms with Gasteiger partial charge in [0.2, 0.25) is 16.0 Å². The number of hydrogen-bond donors (Lipinski definition) is 2. The molecule has 12 nitrogen and oxygen atoms in total. The molecule has 4 aromatic rings. The summed E-state index contributed by atoms with van der Waals surface area (Å²) in [4.78, 5) is 8.38. The molecule has 32 heavy (non-hydrogen) atoms. The molecule has 4 rings (SSSR count). The van der Waals surface area contributed by atoms with Gasteiger partial charge in [0.25, 0.3) is 0 Å². The molecule has 16 heteroatoms. The second-order valence-corrected chi connectivity index (χ2v) is 8.44. The Bertz CT molecular complexity index is 1450. The van der Waals surface area contributed by atoms with Crippen LogP contribution >= 0.6 is 0 Å². The SMILES string of the molecule is O=S(=O)(O)c1ccc(-c2nnc(-c3ccccn3)nc2-c2ccc(S(=O)(=O)O)o2)o1.[Na].[Na]. The van der Waals surface area contributed by atoms with E-state index in [4.69, 9.17) is 17.9 Å². The maximum Gasteiger partial charge on any atom is 0.328 e. The molecule has 0 atom stereocenters. The number of rotatable bonds is 5. The monoisotopic (exact) mass is 496 g/mol. The molecule has 0 amide bonds. The van der Waals surface area contributed by atoms with Gasteiger partial charge in [0.05, 0.1) is 0 Å². The summed E-state index contributed by atoms with van der Waals surface area (Å²) in [5, 5.41) is 6.43. The zero-order valence-electron chi connectivity index (χ0n) is 16.6. The first-order valence-electron chi connectivity index (χ1n) is 7.94. The second kappa shape index (κ2) is 10.2. The fourth-order valence-corrected chi connectivity index (χ4v) is 3.31. The Morgan fingerprint density at radius 3 is 1.75 bits per heavy atom. The van der Waals surface area contributed by atoms with Crippen molar-refractivity contribution >= 4 is 79.4 Å². The van der Waals surface area contributed by atoms with Crippen LogP contribution < -0.4 is 0 Å². The van der Waals surface area contributed by atoms with Crippen molar-refractivity contribution in [1.29, 1.82) is 0 Å². The first-order valence-corrected chi connectivity index (χ1v) is 10.8. The molecule has 4 aromatic heterocycles. The topological polar surface area (TPSA) is 187 Å². The summed E-state index contributed by atoms with van der Waals surface area (Å²) < 4.78 is 73.8. The van der Waals surface area contributed by atoms with Crippen LogP contribution in [0.4, 0.5) is 0 Å². The van der Waals surface area contributed by atoms with Crippen LogP contribution in [-0.4, -0.2) is 105 Å². The van der Waals surface area contributed by atoms with Crippen molar-refractivity contribution < 1.29 is 34.8 Å². The Morgan fingerprint density at radius 1 is 0.719 bits per heavy atom. The van der Waals surface area contributed by atoms with Gasteiger partial charge in [-0.1, -0.05) is 6.07 Å². The molecule has 156 valence electrons. The molecule has 0 aliphatic rings. The Hall–Kier alpha value is -1.46. The number of nitrogens with zero attached hydrogens (tertiary/aromatic N) is 4. The Labute approximate surface area is 225 Å². The summed E-state index contributed by atoms with van der Waals surface area (Å²) in [6.07, 6.45) is 1.50. The molecule has 2 radical (unpaired) electrons. The van der Waals surface area contributed by atoms with E-state index in [1.807, 2.05) is 0 Å². The van der Waals surface area contributed by atoms with Crippen molar-refractivity contribution in [3.05, 3.63) is 48.7 Å². The van der Waals surface area contributed by atoms with Crippen molar-refractivity contribution in [3.63, 3.8) is 0 Å². The molecule has 0 bridgehead atoms. The predicted octanol–water partition coefficient (Wildman–Crippen LogP) is 1.19. The van der Waals surface area contributed by atoms with Gasteiger partial charge in [-0.15, -0.1) is 10.2 Å². The third-order valence-corrected chi connectivity index (χ3v) is 5.17. The minimum absolute atomic E-state index is 0. The zero-order valence-corrected chi connectivity index (χ0v) is 22.2. The van der Waals surface area contributed by atoms with Crippen LogP contribution in [-0.2, 0) is 20.2 Å². The van der Waals surface area contributed by atoms with Gasteiger partial charge >= 0.3 is 20.2 Å². The van der Waals surface area contributed by atoms with E-state index in [1.165, 1.54) is 18.3 Å². The quantitative estimate of drug-likeness (QED) is 0.297. The molecular formula is C16H10N4Na2O8S2. The average Bonchev–Trinajstić information content (AvgIpc) is 3.37. The number of furan rings is 2. The van der Waals surface area contributed by atoms with Crippen molar-refractivity contribution in [2.75, 3.05) is 0 Å². The molecule has 0 aliphatic carbocycles. The molecule has 0 aromatic carbocycles.